The summed E-state index contributed by atoms with van der Waals surface area (Å²) in [5.74, 6) is -0.102. The van der Waals surface area contributed by atoms with E-state index in [-0.39, 0.29) is 11.7 Å². The van der Waals surface area contributed by atoms with Gasteiger partial charge in [-0.25, -0.2) is 9.82 Å². The first-order valence-corrected chi connectivity index (χ1v) is 5.54. The zero-order chi connectivity index (χ0) is 11.4. The molecule has 0 aromatic heterocycles. The fraction of sp³-hybridized carbons (Fsp3) is 0.417. The van der Waals surface area contributed by atoms with Gasteiger partial charge in [0.15, 0.2) is 0 Å². The molecular formula is C12H15FN2O. The van der Waals surface area contributed by atoms with E-state index in [0.717, 1.165) is 13.0 Å². The lowest BCUT2D eigenvalue weighted by Gasteiger charge is -2.27. The molecule has 86 valence electrons. The molecule has 0 radical (unpaired) electrons. The summed E-state index contributed by atoms with van der Waals surface area (Å²) in [6.07, 6.45) is 2.02. The molecule has 1 heterocycles. The van der Waals surface area contributed by atoms with Gasteiger partial charge in [-0.15, -0.1) is 0 Å². The maximum Gasteiger partial charge on any atom is 0.236 e. The average Bonchev–Trinajstić information content (AvgIpc) is 2.30. The van der Waals surface area contributed by atoms with E-state index in [9.17, 15) is 9.18 Å². The van der Waals surface area contributed by atoms with Crippen molar-refractivity contribution < 1.29 is 9.18 Å². The van der Waals surface area contributed by atoms with Gasteiger partial charge in [-0.3, -0.25) is 9.80 Å². The van der Waals surface area contributed by atoms with E-state index in [0.29, 0.717) is 24.9 Å². The SMILES string of the molecule is O=C1CCCNN1CCc1ccccc1F. The summed E-state index contributed by atoms with van der Waals surface area (Å²) in [6.45, 7) is 1.35. The molecule has 4 heteroatoms. The molecule has 1 amide bonds. The molecule has 16 heavy (non-hydrogen) atoms. The van der Waals surface area contributed by atoms with Gasteiger partial charge in [0.2, 0.25) is 5.91 Å². The number of hydrazine groups is 1. The lowest BCUT2D eigenvalue weighted by atomic mass is 10.1. The second-order valence-electron chi connectivity index (χ2n) is 3.90. The Morgan fingerprint density at radius 1 is 1.38 bits per heavy atom. The Hall–Kier alpha value is -1.42. The first-order valence-electron chi connectivity index (χ1n) is 5.54. The van der Waals surface area contributed by atoms with Gasteiger partial charge in [0.25, 0.3) is 0 Å². The van der Waals surface area contributed by atoms with Crippen molar-refractivity contribution in [3.63, 3.8) is 0 Å². The Balaban J connectivity index is 1.92. The van der Waals surface area contributed by atoms with E-state index < -0.39 is 0 Å². The molecule has 1 aromatic rings. The van der Waals surface area contributed by atoms with Crippen molar-refractivity contribution in [1.82, 2.24) is 10.4 Å². The maximum atomic E-state index is 13.3. The predicted octanol–water partition coefficient (Wildman–Crippen LogP) is 1.50. The fourth-order valence-corrected chi connectivity index (χ4v) is 1.81. The van der Waals surface area contributed by atoms with Crippen LogP contribution in [0.1, 0.15) is 18.4 Å². The molecule has 3 nitrogen and oxygen atoms in total. The van der Waals surface area contributed by atoms with Crippen LogP contribution in [0, 0.1) is 5.82 Å². The highest BCUT2D eigenvalue weighted by Crippen LogP contribution is 2.09. The van der Waals surface area contributed by atoms with Crippen LogP contribution in [0.3, 0.4) is 0 Å². The van der Waals surface area contributed by atoms with Crippen LogP contribution in [0.25, 0.3) is 0 Å². The quantitative estimate of drug-likeness (QED) is 0.840. The third-order valence-electron chi connectivity index (χ3n) is 2.73. The molecule has 1 aliphatic rings. The second-order valence-corrected chi connectivity index (χ2v) is 3.90. The Morgan fingerprint density at radius 2 is 2.19 bits per heavy atom. The number of nitrogens with one attached hydrogen (secondary N) is 1. The average molecular weight is 222 g/mol. The van der Waals surface area contributed by atoms with Crippen molar-refractivity contribution in [1.29, 1.82) is 0 Å². The van der Waals surface area contributed by atoms with Gasteiger partial charge >= 0.3 is 0 Å². The third kappa shape index (κ3) is 2.58. The highest BCUT2D eigenvalue weighted by molar-refractivity contribution is 5.76. The van der Waals surface area contributed by atoms with E-state index in [1.807, 2.05) is 6.07 Å². The highest BCUT2D eigenvalue weighted by atomic mass is 19.1. The topological polar surface area (TPSA) is 32.3 Å². The minimum Gasteiger partial charge on any atom is -0.278 e. The summed E-state index contributed by atoms with van der Waals surface area (Å²) in [4.78, 5) is 11.5. The molecule has 2 rings (SSSR count). The van der Waals surface area contributed by atoms with E-state index in [2.05, 4.69) is 5.43 Å². The molecule has 1 N–H and O–H groups in total. The lowest BCUT2D eigenvalue weighted by molar-refractivity contribution is -0.136. The van der Waals surface area contributed by atoms with Gasteiger partial charge in [-0.1, -0.05) is 18.2 Å². The van der Waals surface area contributed by atoms with E-state index in [1.165, 1.54) is 6.07 Å². The molecular weight excluding hydrogens is 207 g/mol. The molecule has 0 bridgehead atoms. The van der Waals surface area contributed by atoms with Crippen molar-refractivity contribution in [3.05, 3.63) is 35.6 Å². The Labute approximate surface area is 94.2 Å². The van der Waals surface area contributed by atoms with Crippen molar-refractivity contribution in [2.24, 2.45) is 0 Å². The largest absolute Gasteiger partial charge is 0.278 e. The van der Waals surface area contributed by atoms with Gasteiger partial charge in [0.1, 0.15) is 5.82 Å². The van der Waals surface area contributed by atoms with Crippen LogP contribution in [-0.2, 0) is 11.2 Å². The molecule has 0 unspecified atom stereocenters. The molecule has 0 aliphatic carbocycles. The van der Waals surface area contributed by atoms with Crippen molar-refractivity contribution >= 4 is 5.91 Å². The van der Waals surface area contributed by atoms with E-state index >= 15 is 0 Å². The molecule has 0 spiro atoms. The van der Waals surface area contributed by atoms with Crippen molar-refractivity contribution in [3.8, 4) is 0 Å². The minimum atomic E-state index is -0.202. The van der Waals surface area contributed by atoms with Crippen LogP contribution in [0.2, 0.25) is 0 Å². The number of nitrogens with zero attached hydrogens (tertiary/aromatic N) is 1. The highest BCUT2D eigenvalue weighted by Gasteiger charge is 2.17. The normalized spacial score (nSPS) is 16.6. The summed E-state index contributed by atoms with van der Waals surface area (Å²) in [5, 5.41) is 1.59. The van der Waals surface area contributed by atoms with Gasteiger partial charge in [0.05, 0.1) is 0 Å². The Kier molecular flexibility index (Phi) is 3.51. The monoisotopic (exact) mass is 222 g/mol. The van der Waals surface area contributed by atoms with Crippen LogP contribution >= 0.6 is 0 Å². The van der Waals surface area contributed by atoms with E-state index in [1.54, 1.807) is 17.1 Å². The number of hydrogen-bond acceptors (Lipinski definition) is 2. The predicted molar refractivity (Wildman–Crippen MR) is 59.1 cm³/mol. The summed E-state index contributed by atoms with van der Waals surface area (Å²) >= 11 is 0. The number of amides is 1. The minimum absolute atomic E-state index is 0.0996. The molecule has 1 aliphatic heterocycles. The molecule has 1 saturated heterocycles. The lowest BCUT2D eigenvalue weighted by Crippen LogP contribution is -2.48. The Morgan fingerprint density at radius 3 is 2.94 bits per heavy atom. The van der Waals surface area contributed by atoms with E-state index in [4.69, 9.17) is 0 Å². The Bertz CT molecular complexity index is 381. The third-order valence-corrected chi connectivity index (χ3v) is 2.73. The van der Waals surface area contributed by atoms with Gasteiger partial charge in [-0.2, -0.15) is 0 Å². The number of rotatable bonds is 3. The van der Waals surface area contributed by atoms with Crippen molar-refractivity contribution in [2.45, 2.75) is 19.3 Å². The zero-order valence-electron chi connectivity index (χ0n) is 9.08. The maximum absolute atomic E-state index is 13.3. The number of carbonyl (C=O) groups is 1. The fourth-order valence-electron chi connectivity index (χ4n) is 1.81. The smallest absolute Gasteiger partial charge is 0.236 e. The molecule has 0 saturated carbocycles. The molecule has 1 fully saturated rings. The van der Waals surface area contributed by atoms with Gasteiger partial charge in [-0.05, 0) is 24.5 Å². The van der Waals surface area contributed by atoms with Crippen LogP contribution in [0.5, 0.6) is 0 Å². The first-order chi connectivity index (χ1) is 7.77. The summed E-state index contributed by atoms with van der Waals surface area (Å²) in [6, 6.07) is 6.68. The summed E-state index contributed by atoms with van der Waals surface area (Å²) in [5.41, 5.74) is 3.68. The van der Waals surface area contributed by atoms with Crippen LogP contribution < -0.4 is 5.43 Å². The number of benzene rings is 1. The number of hydrogen-bond donors (Lipinski definition) is 1. The first kappa shape index (κ1) is 11.1. The standard InChI is InChI=1S/C12H15FN2O/c13-11-5-2-1-4-10(11)7-9-15-12(16)6-3-8-14-15/h1-2,4-5,14H,3,6-9H2. The van der Waals surface area contributed by atoms with Crippen molar-refractivity contribution in [2.75, 3.05) is 13.1 Å². The molecule has 1 aromatic carbocycles. The molecule has 0 atom stereocenters. The van der Waals surface area contributed by atoms with Crippen LogP contribution in [0.4, 0.5) is 4.39 Å². The summed E-state index contributed by atoms with van der Waals surface area (Å²) in [7, 11) is 0. The van der Waals surface area contributed by atoms with Crippen LogP contribution in [-0.4, -0.2) is 24.0 Å². The second kappa shape index (κ2) is 5.07. The zero-order valence-corrected chi connectivity index (χ0v) is 9.08. The van der Waals surface area contributed by atoms with Gasteiger partial charge in [0, 0.05) is 19.5 Å². The number of carbonyl (C=O) groups excluding carboxylic acids is 1. The number of halogens is 1. The van der Waals surface area contributed by atoms with Gasteiger partial charge < -0.3 is 0 Å². The summed E-state index contributed by atoms with van der Waals surface area (Å²) < 4.78 is 13.3. The van der Waals surface area contributed by atoms with Crippen LogP contribution in [0.15, 0.2) is 24.3 Å².